The third kappa shape index (κ3) is 8.72. The summed E-state index contributed by atoms with van der Waals surface area (Å²) in [5.74, 6) is 2.59. The molecule has 2 heterocycles. The number of rotatable bonds is 15. The van der Waals surface area contributed by atoms with Crippen LogP contribution in [0, 0.1) is 42.1 Å². The molecule has 248 valence electrons. The van der Waals surface area contributed by atoms with Crippen LogP contribution in [-0.4, -0.2) is 56.9 Å². The molecule has 2 aliphatic rings. The molecule has 2 aliphatic carbocycles. The van der Waals surface area contributed by atoms with Crippen molar-refractivity contribution in [1.82, 2.24) is 19.5 Å². The fourth-order valence-electron chi connectivity index (χ4n) is 6.90. The number of carbonyl (C=O) groups excluding carboxylic acids is 2. The minimum absolute atomic E-state index is 0.0812. The molecule has 11 heteroatoms. The van der Waals surface area contributed by atoms with Crippen LogP contribution in [0.4, 0.5) is 10.2 Å². The molecule has 2 aromatic rings. The highest BCUT2D eigenvalue weighted by Crippen LogP contribution is 2.35. The number of hydrogen-bond donors (Lipinski definition) is 1. The molecular weight excluding hydrogens is 577 g/mol. The molecule has 2 aromatic heterocycles. The van der Waals surface area contributed by atoms with E-state index in [0.717, 1.165) is 57.8 Å². The van der Waals surface area contributed by atoms with Gasteiger partial charge in [-0.25, -0.2) is 4.98 Å². The number of aromatic nitrogens is 4. The van der Waals surface area contributed by atoms with E-state index in [0.29, 0.717) is 11.8 Å². The second-order valence-electron chi connectivity index (χ2n) is 12.9. The van der Waals surface area contributed by atoms with E-state index in [1.54, 1.807) is 0 Å². The number of unbranched alkanes of at least 4 members (excludes halogenated alkanes) is 2. The van der Waals surface area contributed by atoms with E-state index in [1.807, 2.05) is 0 Å². The molecule has 2 atom stereocenters. The lowest BCUT2D eigenvalue weighted by Gasteiger charge is -2.36. The molecule has 1 unspecified atom stereocenters. The van der Waals surface area contributed by atoms with E-state index >= 15 is 0 Å². The van der Waals surface area contributed by atoms with Gasteiger partial charge in [-0.3, -0.25) is 9.59 Å². The van der Waals surface area contributed by atoms with Gasteiger partial charge in [0.2, 0.25) is 5.60 Å². The maximum absolute atomic E-state index is 14.1. The molecule has 0 spiro atoms. The first-order chi connectivity index (χ1) is 21.7. The van der Waals surface area contributed by atoms with Crippen molar-refractivity contribution < 1.29 is 28.2 Å². The summed E-state index contributed by atoms with van der Waals surface area (Å²) in [6.07, 6.45) is 19.4. The Hall–Kier alpha value is -3.26. The summed E-state index contributed by atoms with van der Waals surface area (Å²) in [4.78, 5) is 38.5. The van der Waals surface area contributed by atoms with Gasteiger partial charge in [-0.2, -0.15) is 14.4 Å². The molecule has 2 saturated carbocycles. The van der Waals surface area contributed by atoms with Crippen LogP contribution < -0.4 is 5.73 Å². The largest absolute Gasteiger partial charge is 0.461 e. The number of carbonyl (C=O) groups is 2. The zero-order valence-electron chi connectivity index (χ0n) is 27.1. The molecule has 10 nitrogen and oxygen atoms in total. The third-order valence-corrected chi connectivity index (χ3v) is 9.93. The molecule has 0 bridgehead atoms. The number of anilines is 1. The van der Waals surface area contributed by atoms with Gasteiger partial charge < -0.3 is 24.5 Å². The molecule has 0 saturated heterocycles. The molecular formula is C34H50FN5O5. The van der Waals surface area contributed by atoms with E-state index in [2.05, 4.69) is 34.7 Å². The molecule has 45 heavy (non-hydrogen) atoms. The highest BCUT2D eigenvalue weighted by molar-refractivity contribution is 5.81. The number of ether oxygens (including phenoxy) is 3. The van der Waals surface area contributed by atoms with Crippen LogP contribution in [0.3, 0.4) is 0 Å². The Morgan fingerprint density at radius 1 is 1.02 bits per heavy atom. The van der Waals surface area contributed by atoms with Crippen molar-refractivity contribution in [2.24, 2.45) is 23.7 Å². The Bertz CT molecular complexity index is 1310. The first kappa shape index (κ1) is 34.6. The summed E-state index contributed by atoms with van der Waals surface area (Å²) in [5.41, 5.74) is 4.59. The number of imidazole rings is 1. The zero-order valence-corrected chi connectivity index (χ0v) is 27.1. The van der Waals surface area contributed by atoms with E-state index in [-0.39, 0.29) is 53.9 Å². The van der Waals surface area contributed by atoms with E-state index in [1.165, 1.54) is 50.1 Å². The lowest BCUT2D eigenvalue weighted by Crippen LogP contribution is -2.52. The molecule has 0 radical (unpaired) electrons. The van der Waals surface area contributed by atoms with Gasteiger partial charge in [-0.15, -0.1) is 6.42 Å². The van der Waals surface area contributed by atoms with Gasteiger partial charge in [0.25, 0.3) is 0 Å². The lowest BCUT2D eigenvalue weighted by molar-refractivity contribution is -0.180. The van der Waals surface area contributed by atoms with Crippen LogP contribution in [0.5, 0.6) is 0 Å². The summed E-state index contributed by atoms with van der Waals surface area (Å²) in [5, 5.41) is 0. The topological polar surface area (TPSA) is 131 Å². The quantitative estimate of drug-likeness (QED) is 0.143. The van der Waals surface area contributed by atoms with Gasteiger partial charge in [0.15, 0.2) is 17.6 Å². The molecule has 4 rings (SSSR count). The summed E-state index contributed by atoms with van der Waals surface area (Å²) in [7, 11) is 1.40. The minimum atomic E-state index is -1.62. The highest BCUT2D eigenvalue weighted by Gasteiger charge is 2.44. The fourth-order valence-corrected chi connectivity index (χ4v) is 6.90. The van der Waals surface area contributed by atoms with Crippen molar-refractivity contribution in [2.75, 3.05) is 19.5 Å². The van der Waals surface area contributed by atoms with Crippen LogP contribution in [0.15, 0.2) is 6.33 Å². The molecule has 2 fully saturated rings. The monoisotopic (exact) mass is 627 g/mol. The minimum Gasteiger partial charge on any atom is -0.461 e. The Kier molecular flexibility index (Phi) is 12.6. The maximum atomic E-state index is 14.1. The van der Waals surface area contributed by atoms with Gasteiger partial charge >= 0.3 is 18.0 Å². The average Bonchev–Trinajstić information content (AvgIpc) is 3.46. The van der Waals surface area contributed by atoms with Crippen molar-refractivity contribution in [3.05, 3.63) is 12.4 Å². The van der Waals surface area contributed by atoms with Gasteiger partial charge in [0.05, 0.1) is 24.7 Å². The number of halogens is 1. The van der Waals surface area contributed by atoms with Crippen LogP contribution in [-0.2, 0) is 30.3 Å². The summed E-state index contributed by atoms with van der Waals surface area (Å²) in [6.45, 7) is 3.98. The summed E-state index contributed by atoms with van der Waals surface area (Å²) in [6, 6.07) is 0. The third-order valence-electron chi connectivity index (χ3n) is 9.93. The molecule has 0 aliphatic heterocycles. The van der Waals surface area contributed by atoms with E-state index in [4.69, 9.17) is 26.4 Å². The van der Waals surface area contributed by atoms with Gasteiger partial charge in [0.1, 0.15) is 12.1 Å². The van der Waals surface area contributed by atoms with Crippen molar-refractivity contribution >= 4 is 28.9 Å². The van der Waals surface area contributed by atoms with E-state index in [9.17, 15) is 14.0 Å². The molecule has 0 amide bonds. The second-order valence-corrected chi connectivity index (χ2v) is 12.9. The smallest absolute Gasteiger partial charge is 0.312 e. The number of esters is 2. The average molecular weight is 628 g/mol. The summed E-state index contributed by atoms with van der Waals surface area (Å²) >= 11 is 0. The second kappa shape index (κ2) is 16.3. The fraction of sp³-hybridized carbons (Fsp3) is 0.735. The number of nitrogen functional groups attached to an aromatic ring is 1. The van der Waals surface area contributed by atoms with Crippen LogP contribution >= 0.6 is 0 Å². The van der Waals surface area contributed by atoms with Crippen molar-refractivity contribution in [3.63, 3.8) is 0 Å². The molecule has 2 N–H and O–H groups in total. The zero-order chi connectivity index (χ0) is 32.4. The number of nitrogens with zero attached hydrogens (tertiary/aromatic N) is 4. The standard InChI is InChI=1S/C34H50FN5O5/c1-5-8-10-23-12-16-25(17-13-23)31(41)44-21-34(7-3,43-4)27(20-40-22-37-28-29(36)38-33(35)39-30(28)40)45-32(42)26-18-14-24(15-19-26)11-9-6-2/h3,22-27H,5-6,8-21H2,1-2,4H3,(H2,36,38,39)/t23-,24-,25-,26-,27-,34?/m0/s1. The first-order valence-corrected chi connectivity index (χ1v) is 16.8. The molecule has 0 aromatic carbocycles. The number of methoxy groups -OCH3 is 1. The van der Waals surface area contributed by atoms with Gasteiger partial charge in [-0.05, 0) is 63.2 Å². The van der Waals surface area contributed by atoms with Gasteiger partial charge in [0, 0.05) is 7.11 Å². The Balaban J connectivity index is 1.51. The Labute approximate surface area is 266 Å². The van der Waals surface area contributed by atoms with Crippen molar-refractivity contribution in [1.29, 1.82) is 0 Å². The SMILES string of the molecule is C#CC(COC(=O)[C@H]1CC[C@H](CCCC)CC1)(OC)[C@H](Cn1cnc2c(N)nc(F)nc21)OC(=O)[C@H]1CC[C@H](CCCC)CC1. The number of hydrogen-bond acceptors (Lipinski definition) is 9. The lowest BCUT2D eigenvalue weighted by atomic mass is 9.80. The predicted molar refractivity (Wildman–Crippen MR) is 169 cm³/mol. The van der Waals surface area contributed by atoms with E-state index < -0.39 is 17.8 Å². The number of nitrogens with two attached hydrogens (primary N) is 1. The highest BCUT2D eigenvalue weighted by atomic mass is 19.1. The van der Waals surface area contributed by atoms with Gasteiger partial charge in [-0.1, -0.05) is 58.3 Å². The van der Waals surface area contributed by atoms with Crippen LogP contribution in [0.1, 0.15) is 104 Å². The van der Waals surface area contributed by atoms with Crippen LogP contribution in [0.25, 0.3) is 11.2 Å². The number of fused-ring (bicyclic) bond motifs is 1. The maximum Gasteiger partial charge on any atom is 0.312 e. The summed E-state index contributed by atoms with van der Waals surface area (Å²) < 4.78 is 33.5. The van der Waals surface area contributed by atoms with Crippen molar-refractivity contribution in [3.8, 4) is 12.3 Å². The van der Waals surface area contributed by atoms with Crippen molar-refractivity contribution in [2.45, 2.75) is 122 Å². The normalized spacial score (nSPS) is 24.0. The Morgan fingerprint density at radius 3 is 2.13 bits per heavy atom. The predicted octanol–water partition coefficient (Wildman–Crippen LogP) is 6.01. The Morgan fingerprint density at radius 2 is 1.60 bits per heavy atom. The van der Waals surface area contributed by atoms with Crippen LogP contribution in [0.2, 0.25) is 0 Å². The number of terminal acetylenes is 1. The first-order valence-electron chi connectivity index (χ1n) is 16.8.